The highest BCUT2D eigenvalue weighted by Gasteiger charge is 2.42. The van der Waals surface area contributed by atoms with Crippen molar-refractivity contribution in [2.45, 2.75) is 38.6 Å². The number of carboxylic acid groups (broad SMARTS) is 1. The van der Waals surface area contributed by atoms with Gasteiger partial charge in [-0.1, -0.05) is 38.1 Å². The first-order chi connectivity index (χ1) is 8.56. The number of rotatable bonds is 4. The van der Waals surface area contributed by atoms with Gasteiger partial charge in [0, 0.05) is 0 Å². The summed E-state index contributed by atoms with van der Waals surface area (Å²) in [5.74, 6) is -0.314. The van der Waals surface area contributed by atoms with Crippen molar-refractivity contribution in [3.8, 4) is 0 Å². The first kappa shape index (κ1) is 13.1. The average Bonchev–Trinajstić information content (AvgIpc) is 2.36. The summed E-state index contributed by atoms with van der Waals surface area (Å²) in [4.78, 5) is 11.8. The monoisotopic (exact) mass is 247 g/mol. The highest BCUT2D eigenvalue weighted by molar-refractivity contribution is 5.81. The second-order valence-corrected chi connectivity index (χ2v) is 5.50. The Hall–Kier alpha value is -1.35. The Morgan fingerprint density at radius 2 is 2.17 bits per heavy atom. The van der Waals surface area contributed by atoms with Crippen LogP contribution in [0.25, 0.3) is 0 Å². The lowest BCUT2D eigenvalue weighted by Gasteiger charge is -2.37. The molecule has 1 aromatic carbocycles. The van der Waals surface area contributed by atoms with Gasteiger partial charge in [-0.05, 0) is 42.9 Å². The molecule has 2 N–H and O–H groups in total. The minimum absolute atomic E-state index is 0.440. The highest BCUT2D eigenvalue weighted by Crippen LogP contribution is 2.35. The minimum atomic E-state index is -0.890. The maximum atomic E-state index is 11.8. The molecule has 3 nitrogen and oxygen atoms in total. The molecule has 1 aliphatic carbocycles. The molecule has 98 valence electrons. The Kier molecular flexibility index (Phi) is 3.71. The molecular weight excluding hydrogens is 226 g/mol. The average molecular weight is 247 g/mol. The van der Waals surface area contributed by atoms with Crippen LogP contribution in [0.5, 0.6) is 0 Å². The second kappa shape index (κ2) is 5.11. The SMILES string of the molecule is CC(C)CNC1(C(=O)O)CCCc2ccccc21. The molecule has 1 aliphatic rings. The van der Waals surface area contributed by atoms with Crippen molar-refractivity contribution in [3.63, 3.8) is 0 Å². The minimum Gasteiger partial charge on any atom is -0.480 e. The van der Waals surface area contributed by atoms with E-state index in [2.05, 4.69) is 19.2 Å². The van der Waals surface area contributed by atoms with Crippen molar-refractivity contribution in [3.05, 3.63) is 35.4 Å². The molecule has 1 unspecified atom stereocenters. The van der Waals surface area contributed by atoms with Crippen LogP contribution in [0, 0.1) is 5.92 Å². The molecule has 0 fully saturated rings. The van der Waals surface area contributed by atoms with E-state index in [1.165, 1.54) is 5.56 Å². The van der Waals surface area contributed by atoms with Gasteiger partial charge < -0.3 is 5.11 Å². The van der Waals surface area contributed by atoms with E-state index in [0.29, 0.717) is 12.3 Å². The van der Waals surface area contributed by atoms with Crippen LogP contribution in [-0.2, 0) is 16.8 Å². The standard InChI is InChI=1S/C15H21NO2/c1-11(2)10-16-15(14(17)18)9-5-7-12-6-3-4-8-13(12)15/h3-4,6,8,11,16H,5,7,9-10H2,1-2H3,(H,17,18). The molecule has 0 spiro atoms. The first-order valence-electron chi connectivity index (χ1n) is 6.63. The summed E-state index contributed by atoms with van der Waals surface area (Å²) in [6.07, 6.45) is 2.58. The fourth-order valence-corrected chi connectivity index (χ4v) is 2.69. The quantitative estimate of drug-likeness (QED) is 0.859. The van der Waals surface area contributed by atoms with Crippen molar-refractivity contribution in [1.82, 2.24) is 5.32 Å². The summed E-state index contributed by atoms with van der Waals surface area (Å²) in [6.45, 7) is 4.91. The third-order valence-corrected chi connectivity index (χ3v) is 3.65. The molecule has 0 radical (unpaired) electrons. The zero-order chi connectivity index (χ0) is 13.2. The van der Waals surface area contributed by atoms with E-state index in [9.17, 15) is 9.90 Å². The van der Waals surface area contributed by atoms with Crippen LogP contribution in [0.3, 0.4) is 0 Å². The molecular formula is C15H21NO2. The summed E-state index contributed by atoms with van der Waals surface area (Å²) in [5.41, 5.74) is 1.23. The van der Waals surface area contributed by atoms with Gasteiger partial charge in [0.05, 0.1) is 0 Å². The zero-order valence-electron chi connectivity index (χ0n) is 11.1. The predicted octanol–water partition coefficient (Wildman–Crippen LogP) is 2.55. The number of fused-ring (bicyclic) bond motifs is 1. The Labute approximate surface area is 108 Å². The summed E-state index contributed by atoms with van der Waals surface area (Å²) < 4.78 is 0. The molecule has 2 rings (SSSR count). The molecule has 0 saturated carbocycles. The number of aliphatic carboxylic acids is 1. The van der Waals surface area contributed by atoms with Gasteiger partial charge in [0.1, 0.15) is 5.54 Å². The van der Waals surface area contributed by atoms with Gasteiger partial charge in [-0.15, -0.1) is 0 Å². The molecule has 1 aromatic rings. The third kappa shape index (κ3) is 2.27. The number of hydrogen-bond acceptors (Lipinski definition) is 2. The summed E-state index contributed by atoms with van der Waals surface area (Å²) in [7, 11) is 0. The maximum absolute atomic E-state index is 11.8. The molecule has 0 bridgehead atoms. The fourth-order valence-electron chi connectivity index (χ4n) is 2.69. The second-order valence-electron chi connectivity index (χ2n) is 5.50. The number of hydrogen-bond donors (Lipinski definition) is 2. The molecule has 0 aliphatic heterocycles. The summed E-state index contributed by atoms with van der Waals surface area (Å²) in [5, 5.41) is 13.0. The lowest BCUT2D eigenvalue weighted by atomic mass is 9.76. The Balaban J connectivity index is 2.39. The highest BCUT2D eigenvalue weighted by atomic mass is 16.4. The molecule has 3 heteroatoms. The van der Waals surface area contributed by atoms with Crippen LogP contribution in [0.1, 0.15) is 37.8 Å². The van der Waals surface area contributed by atoms with E-state index >= 15 is 0 Å². The van der Waals surface area contributed by atoms with Crippen molar-refractivity contribution in [1.29, 1.82) is 0 Å². The van der Waals surface area contributed by atoms with Gasteiger partial charge in [0.15, 0.2) is 0 Å². The normalized spacial score (nSPS) is 22.8. The van der Waals surface area contributed by atoms with Gasteiger partial charge in [-0.25, -0.2) is 4.79 Å². The molecule has 0 aromatic heterocycles. The molecule has 18 heavy (non-hydrogen) atoms. The van der Waals surface area contributed by atoms with Crippen LogP contribution in [0.2, 0.25) is 0 Å². The van der Waals surface area contributed by atoms with Gasteiger partial charge in [-0.3, -0.25) is 5.32 Å². The van der Waals surface area contributed by atoms with Gasteiger partial charge in [0.2, 0.25) is 0 Å². The van der Waals surface area contributed by atoms with Crippen LogP contribution >= 0.6 is 0 Å². The number of nitrogens with one attached hydrogen (secondary N) is 1. The topological polar surface area (TPSA) is 49.3 Å². The Morgan fingerprint density at radius 1 is 1.44 bits per heavy atom. The summed E-state index contributed by atoms with van der Waals surface area (Å²) in [6, 6.07) is 7.91. The van der Waals surface area contributed by atoms with Crippen LogP contribution in [0.4, 0.5) is 0 Å². The maximum Gasteiger partial charge on any atom is 0.328 e. The zero-order valence-corrected chi connectivity index (χ0v) is 11.1. The summed E-state index contributed by atoms with van der Waals surface area (Å²) >= 11 is 0. The van der Waals surface area contributed by atoms with E-state index in [4.69, 9.17) is 0 Å². The fraction of sp³-hybridized carbons (Fsp3) is 0.533. The Morgan fingerprint density at radius 3 is 2.83 bits per heavy atom. The van der Waals surface area contributed by atoms with Crippen LogP contribution in [0.15, 0.2) is 24.3 Å². The molecule has 0 saturated heterocycles. The molecule has 0 amide bonds. The van der Waals surface area contributed by atoms with Crippen LogP contribution in [-0.4, -0.2) is 17.6 Å². The van der Waals surface area contributed by atoms with Crippen molar-refractivity contribution in [2.24, 2.45) is 5.92 Å². The van der Waals surface area contributed by atoms with Gasteiger partial charge in [-0.2, -0.15) is 0 Å². The lowest BCUT2D eigenvalue weighted by molar-refractivity contribution is -0.146. The Bertz CT molecular complexity index is 442. The van der Waals surface area contributed by atoms with E-state index in [-0.39, 0.29) is 0 Å². The van der Waals surface area contributed by atoms with Crippen LogP contribution < -0.4 is 5.32 Å². The lowest BCUT2D eigenvalue weighted by Crippen LogP contribution is -2.52. The number of carboxylic acids is 1. The number of benzene rings is 1. The van der Waals surface area contributed by atoms with E-state index in [1.807, 2.05) is 24.3 Å². The van der Waals surface area contributed by atoms with Crippen molar-refractivity contribution in [2.75, 3.05) is 6.54 Å². The van der Waals surface area contributed by atoms with Gasteiger partial charge in [0.25, 0.3) is 0 Å². The molecule has 1 atom stereocenters. The predicted molar refractivity (Wildman–Crippen MR) is 71.5 cm³/mol. The third-order valence-electron chi connectivity index (χ3n) is 3.65. The first-order valence-corrected chi connectivity index (χ1v) is 6.63. The largest absolute Gasteiger partial charge is 0.480 e. The van der Waals surface area contributed by atoms with Crippen molar-refractivity contribution >= 4 is 5.97 Å². The van der Waals surface area contributed by atoms with E-state index < -0.39 is 11.5 Å². The van der Waals surface area contributed by atoms with Crippen molar-refractivity contribution < 1.29 is 9.90 Å². The number of aryl methyl sites for hydroxylation is 1. The van der Waals surface area contributed by atoms with E-state index in [1.54, 1.807) is 0 Å². The molecule has 0 heterocycles. The van der Waals surface area contributed by atoms with E-state index in [0.717, 1.165) is 24.9 Å². The smallest absolute Gasteiger partial charge is 0.328 e. The van der Waals surface area contributed by atoms with Gasteiger partial charge >= 0.3 is 5.97 Å². The number of carbonyl (C=O) groups is 1.